The van der Waals surface area contributed by atoms with Crippen molar-refractivity contribution >= 4 is 17.0 Å². The molecule has 0 aliphatic rings. The van der Waals surface area contributed by atoms with Crippen LogP contribution in [0, 0.1) is 0 Å². The largest absolute Gasteiger partial charge is 0.480 e. The second-order valence-corrected chi connectivity index (χ2v) is 4.92. The quantitative estimate of drug-likeness (QED) is 0.833. The number of nitrogens with zero attached hydrogens (tertiary/aromatic N) is 2. The van der Waals surface area contributed by atoms with Crippen LogP contribution in [0.1, 0.15) is 19.8 Å². The molecule has 0 amide bonds. The zero-order chi connectivity index (χ0) is 13.9. The Morgan fingerprint density at radius 1 is 1.47 bits per heavy atom. The first-order chi connectivity index (χ1) is 9.07. The first-order valence-corrected chi connectivity index (χ1v) is 6.39. The number of para-hydroxylation sites is 2. The van der Waals surface area contributed by atoms with Gasteiger partial charge in [0.1, 0.15) is 5.54 Å². The Bertz CT molecular complexity index is 579. The molecule has 1 aromatic carbocycles. The molecule has 0 spiro atoms. The lowest BCUT2D eigenvalue weighted by molar-refractivity contribution is -0.144. The van der Waals surface area contributed by atoms with E-state index in [1.54, 1.807) is 14.0 Å². The van der Waals surface area contributed by atoms with Crippen LogP contribution in [0.3, 0.4) is 0 Å². The third-order valence-corrected chi connectivity index (χ3v) is 3.63. The summed E-state index contributed by atoms with van der Waals surface area (Å²) in [5, 5.41) is 12.1. The summed E-state index contributed by atoms with van der Waals surface area (Å²) in [5.74, 6) is -0.814. The molecule has 2 rings (SSSR count). The Morgan fingerprint density at radius 3 is 2.89 bits per heavy atom. The Labute approximate surface area is 112 Å². The number of carboxylic acids is 1. The highest BCUT2D eigenvalue weighted by molar-refractivity contribution is 5.78. The summed E-state index contributed by atoms with van der Waals surface area (Å²) in [4.78, 5) is 15.5. The molecule has 0 saturated carbocycles. The van der Waals surface area contributed by atoms with E-state index in [1.807, 2.05) is 30.6 Å². The third kappa shape index (κ3) is 2.76. The van der Waals surface area contributed by atoms with E-state index < -0.39 is 11.5 Å². The number of carbonyl (C=O) groups is 1. The number of aliphatic carboxylic acids is 1. The predicted molar refractivity (Wildman–Crippen MR) is 74.1 cm³/mol. The Balaban J connectivity index is 2.01. The van der Waals surface area contributed by atoms with Gasteiger partial charge < -0.3 is 15.0 Å². The maximum absolute atomic E-state index is 11.2. The summed E-state index contributed by atoms with van der Waals surface area (Å²) in [7, 11) is 1.68. The number of carboxylic acid groups (broad SMARTS) is 1. The van der Waals surface area contributed by atoms with Crippen molar-refractivity contribution in [1.82, 2.24) is 14.9 Å². The van der Waals surface area contributed by atoms with E-state index in [2.05, 4.69) is 14.9 Å². The van der Waals surface area contributed by atoms with Gasteiger partial charge in [0, 0.05) is 6.54 Å². The Kier molecular flexibility index (Phi) is 3.85. The van der Waals surface area contributed by atoms with Gasteiger partial charge in [-0.05, 0) is 38.9 Å². The zero-order valence-electron chi connectivity index (χ0n) is 11.3. The lowest BCUT2D eigenvalue weighted by Crippen LogP contribution is -2.47. The number of fused-ring (bicyclic) bond motifs is 1. The van der Waals surface area contributed by atoms with Crippen LogP contribution in [-0.2, 0) is 11.3 Å². The number of nitrogens with one attached hydrogen (secondary N) is 1. The molecule has 0 bridgehead atoms. The molecule has 19 heavy (non-hydrogen) atoms. The average Bonchev–Trinajstić information content (AvgIpc) is 2.82. The molecule has 102 valence electrons. The van der Waals surface area contributed by atoms with Crippen molar-refractivity contribution in [2.45, 2.75) is 31.8 Å². The highest BCUT2D eigenvalue weighted by Crippen LogP contribution is 2.16. The van der Waals surface area contributed by atoms with Gasteiger partial charge in [0.25, 0.3) is 0 Å². The minimum atomic E-state index is -0.865. The summed E-state index contributed by atoms with van der Waals surface area (Å²) in [6, 6.07) is 7.94. The third-order valence-electron chi connectivity index (χ3n) is 3.63. The molecule has 1 heterocycles. The molecule has 0 aliphatic heterocycles. The van der Waals surface area contributed by atoms with Gasteiger partial charge in [0.2, 0.25) is 0 Å². The van der Waals surface area contributed by atoms with Crippen molar-refractivity contribution in [3.8, 4) is 0 Å². The van der Waals surface area contributed by atoms with Crippen molar-refractivity contribution in [1.29, 1.82) is 0 Å². The maximum atomic E-state index is 11.2. The van der Waals surface area contributed by atoms with Crippen LogP contribution in [0.2, 0.25) is 0 Å². The summed E-state index contributed by atoms with van der Waals surface area (Å²) in [6.07, 6.45) is 3.16. The van der Waals surface area contributed by atoms with Crippen molar-refractivity contribution in [3.05, 3.63) is 30.6 Å². The van der Waals surface area contributed by atoms with Crippen LogP contribution in [0.25, 0.3) is 11.0 Å². The van der Waals surface area contributed by atoms with E-state index in [1.165, 1.54) is 0 Å². The first-order valence-electron chi connectivity index (χ1n) is 6.39. The van der Waals surface area contributed by atoms with E-state index in [-0.39, 0.29) is 0 Å². The maximum Gasteiger partial charge on any atom is 0.323 e. The molecule has 0 saturated heterocycles. The number of imidazole rings is 1. The molecule has 0 aliphatic carbocycles. The Morgan fingerprint density at radius 2 is 2.21 bits per heavy atom. The van der Waals surface area contributed by atoms with Crippen LogP contribution in [0.5, 0.6) is 0 Å². The number of rotatable bonds is 6. The fourth-order valence-electron chi connectivity index (χ4n) is 2.13. The van der Waals surface area contributed by atoms with Gasteiger partial charge in [-0.25, -0.2) is 4.98 Å². The molecule has 0 radical (unpaired) electrons. The second kappa shape index (κ2) is 5.40. The fourth-order valence-corrected chi connectivity index (χ4v) is 2.13. The van der Waals surface area contributed by atoms with E-state index >= 15 is 0 Å². The van der Waals surface area contributed by atoms with Gasteiger partial charge in [-0.2, -0.15) is 0 Å². The Hall–Kier alpha value is -1.88. The highest BCUT2D eigenvalue weighted by atomic mass is 16.4. The van der Waals surface area contributed by atoms with Crippen molar-refractivity contribution in [3.63, 3.8) is 0 Å². The summed E-state index contributed by atoms with van der Waals surface area (Å²) >= 11 is 0. The van der Waals surface area contributed by atoms with Crippen LogP contribution in [0.15, 0.2) is 30.6 Å². The molecule has 1 unspecified atom stereocenters. The number of aryl methyl sites for hydroxylation is 1. The predicted octanol–water partition coefficient (Wildman–Crippen LogP) is 1.88. The molecule has 1 atom stereocenters. The minimum absolute atomic E-state index is 0.575. The van der Waals surface area contributed by atoms with Gasteiger partial charge in [0.15, 0.2) is 0 Å². The van der Waals surface area contributed by atoms with Crippen LogP contribution < -0.4 is 5.32 Å². The summed E-state index contributed by atoms with van der Waals surface area (Å²) in [6.45, 7) is 2.48. The molecular formula is C14H19N3O2. The number of aromatic nitrogens is 2. The molecule has 5 heteroatoms. The molecule has 5 nitrogen and oxygen atoms in total. The van der Waals surface area contributed by atoms with Crippen LogP contribution in [-0.4, -0.2) is 33.2 Å². The minimum Gasteiger partial charge on any atom is -0.480 e. The van der Waals surface area contributed by atoms with Gasteiger partial charge in [-0.15, -0.1) is 0 Å². The molecular weight excluding hydrogens is 242 g/mol. The van der Waals surface area contributed by atoms with Gasteiger partial charge in [0.05, 0.1) is 17.4 Å². The number of hydrogen-bond acceptors (Lipinski definition) is 3. The normalized spacial score (nSPS) is 14.4. The summed E-state index contributed by atoms with van der Waals surface area (Å²) < 4.78 is 2.06. The first kappa shape index (κ1) is 13.5. The van der Waals surface area contributed by atoms with Crippen molar-refractivity contribution < 1.29 is 9.90 Å². The number of benzene rings is 1. The SMILES string of the molecule is CNC(C)(CCCn1cnc2ccccc21)C(=O)O. The molecule has 2 N–H and O–H groups in total. The number of likely N-dealkylation sites (N-methyl/N-ethyl adjacent to an activating group) is 1. The lowest BCUT2D eigenvalue weighted by atomic mass is 9.96. The monoisotopic (exact) mass is 261 g/mol. The topological polar surface area (TPSA) is 67.2 Å². The van der Waals surface area contributed by atoms with Crippen LogP contribution in [0.4, 0.5) is 0 Å². The molecule has 1 aromatic heterocycles. The standard InChI is InChI=1S/C14H19N3O2/c1-14(15-2,13(18)19)8-5-9-17-10-16-11-6-3-4-7-12(11)17/h3-4,6-7,10,15H,5,8-9H2,1-2H3,(H,18,19). The van der Waals surface area contributed by atoms with E-state index in [4.69, 9.17) is 0 Å². The summed E-state index contributed by atoms with van der Waals surface area (Å²) in [5.41, 5.74) is 1.19. The van der Waals surface area contributed by atoms with E-state index in [9.17, 15) is 9.90 Å². The smallest absolute Gasteiger partial charge is 0.323 e. The molecule has 2 aromatic rings. The lowest BCUT2D eigenvalue weighted by Gasteiger charge is -2.24. The number of hydrogen-bond donors (Lipinski definition) is 2. The van der Waals surface area contributed by atoms with E-state index in [0.29, 0.717) is 6.42 Å². The fraction of sp³-hybridized carbons (Fsp3) is 0.429. The van der Waals surface area contributed by atoms with Crippen molar-refractivity contribution in [2.75, 3.05) is 7.05 Å². The van der Waals surface area contributed by atoms with Gasteiger partial charge in [-0.1, -0.05) is 12.1 Å². The average molecular weight is 261 g/mol. The highest BCUT2D eigenvalue weighted by Gasteiger charge is 2.30. The van der Waals surface area contributed by atoms with Gasteiger partial charge in [-0.3, -0.25) is 4.79 Å². The van der Waals surface area contributed by atoms with Gasteiger partial charge >= 0.3 is 5.97 Å². The second-order valence-electron chi connectivity index (χ2n) is 4.92. The van der Waals surface area contributed by atoms with Crippen molar-refractivity contribution in [2.24, 2.45) is 0 Å². The zero-order valence-corrected chi connectivity index (χ0v) is 11.3. The van der Waals surface area contributed by atoms with E-state index in [0.717, 1.165) is 24.0 Å². The molecule has 0 fully saturated rings. The van der Waals surface area contributed by atoms with Crippen LogP contribution >= 0.6 is 0 Å².